The molecule has 0 bridgehead atoms. The first-order valence-electron chi connectivity index (χ1n) is 7.26. The molecule has 2 rings (SSSR count). The summed E-state index contributed by atoms with van der Waals surface area (Å²) in [6.07, 6.45) is 2.84. The van der Waals surface area contributed by atoms with Gasteiger partial charge in [-0.1, -0.05) is 32.0 Å². The van der Waals surface area contributed by atoms with Crippen LogP contribution in [0.15, 0.2) is 24.3 Å². The van der Waals surface area contributed by atoms with Crippen LogP contribution in [-0.4, -0.2) is 19.0 Å². The molecular formula is C16H24N2O. The monoisotopic (exact) mass is 260 g/mol. The Labute approximate surface area is 115 Å². The Bertz CT molecular complexity index is 429. The minimum Gasteiger partial charge on any atom is -0.384 e. The summed E-state index contributed by atoms with van der Waals surface area (Å²) in [7, 11) is 0. The first kappa shape index (κ1) is 13.9. The van der Waals surface area contributed by atoms with Gasteiger partial charge in [-0.3, -0.25) is 4.79 Å². The molecule has 0 saturated carbocycles. The smallest absolute Gasteiger partial charge is 0.220 e. The van der Waals surface area contributed by atoms with E-state index in [2.05, 4.69) is 36.6 Å². The van der Waals surface area contributed by atoms with E-state index < -0.39 is 0 Å². The zero-order valence-electron chi connectivity index (χ0n) is 11.9. The highest BCUT2D eigenvalue weighted by molar-refractivity contribution is 5.78. The molecule has 0 spiro atoms. The van der Waals surface area contributed by atoms with E-state index in [1.165, 1.54) is 17.7 Å². The Balaban J connectivity index is 1.75. The molecule has 1 aromatic rings. The summed E-state index contributed by atoms with van der Waals surface area (Å²) in [5, 5.41) is 6.39. The normalized spacial score (nSPS) is 17.1. The second-order valence-corrected chi connectivity index (χ2v) is 5.76. The number of hydrogen-bond acceptors (Lipinski definition) is 2. The van der Waals surface area contributed by atoms with E-state index in [0.29, 0.717) is 18.3 Å². The van der Waals surface area contributed by atoms with Crippen LogP contribution in [0.1, 0.15) is 44.6 Å². The number of anilines is 1. The summed E-state index contributed by atoms with van der Waals surface area (Å²) in [5.41, 5.74) is 2.46. The van der Waals surface area contributed by atoms with Crippen LogP contribution >= 0.6 is 0 Å². The second kappa shape index (κ2) is 6.60. The lowest BCUT2D eigenvalue weighted by Gasteiger charge is -2.11. The highest BCUT2D eigenvalue weighted by Gasteiger charge is 2.23. The summed E-state index contributed by atoms with van der Waals surface area (Å²) in [4.78, 5) is 11.9. The van der Waals surface area contributed by atoms with Crippen molar-refractivity contribution in [1.29, 1.82) is 0 Å². The molecule has 1 atom stereocenters. The average Bonchev–Trinajstić information content (AvgIpc) is 2.78. The Morgan fingerprint density at radius 3 is 3.00 bits per heavy atom. The van der Waals surface area contributed by atoms with Crippen molar-refractivity contribution in [1.82, 2.24) is 5.32 Å². The number of amides is 1. The van der Waals surface area contributed by atoms with E-state index in [4.69, 9.17) is 0 Å². The third-order valence-corrected chi connectivity index (χ3v) is 3.65. The topological polar surface area (TPSA) is 41.1 Å². The number of carbonyl (C=O) groups excluding carboxylic acids is 1. The number of para-hydroxylation sites is 1. The molecule has 0 aliphatic carbocycles. The van der Waals surface area contributed by atoms with Crippen LogP contribution in [-0.2, 0) is 4.79 Å². The average molecular weight is 260 g/mol. The van der Waals surface area contributed by atoms with E-state index in [1.54, 1.807) is 0 Å². The van der Waals surface area contributed by atoms with Gasteiger partial charge in [-0.05, 0) is 30.4 Å². The number of fused-ring (bicyclic) bond motifs is 1. The van der Waals surface area contributed by atoms with Crippen molar-refractivity contribution in [2.24, 2.45) is 5.92 Å². The Morgan fingerprint density at radius 1 is 1.42 bits per heavy atom. The van der Waals surface area contributed by atoms with Gasteiger partial charge in [-0.15, -0.1) is 0 Å². The summed E-state index contributed by atoms with van der Waals surface area (Å²) < 4.78 is 0. The van der Waals surface area contributed by atoms with Gasteiger partial charge in [0.05, 0.1) is 0 Å². The van der Waals surface area contributed by atoms with Crippen LogP contribution in [0.4, 0.5) is 5.69 Å². The summed E-state index contributed by atoms with van der Waals surface area (Å²) in [6.45, 7) is 6.10. The van der Waals surface area contributed by atoms with Gasteiger partial charge in [0.25, 0.3) is 0 Å². The van der Waals surface area contributed by atoms with Crippen LogP contribution in [0.25, 0.3) is 0 Å². The minimum absolute atomic E-state index is 0.173. The van der Waals surface area contributed by atoms with Gasteiger partial charge in [-0.2, -0.15) is 0 Å². The van der Waals surface area contributed by atoms with E-state index in [1.807, 2.05) is 12.1 Å². The minimum atomic E-state index is 0.173. The Kier molecular flexibility index (Phi) is 4.83. The number of benzene rings is 1. The molecule has 0 radical (unpaired) electrons. The summed E-state index contributed by atoms with van der Waals surface area (Å²) in [6, 6.07) is 8.27. The molecule has 19 heavy (non-hydrogen) atoms. The molecule has 1 amide bonds. The SMILES string of the molecule is CC(C)CCCNC(=O)CC1CNc2ccccc21. The molecule has 0 aromatic heterocycles. The van der Waals surface area contributed by atoms with Crippen molar-refractivity contribution < 1.29 is 4.79 Å². The van der Waals surface area contributed by atoms with Crippen LogP contribution in [0.2, 0.25) is 0 Å². The van der Waals surface area contributed by atoms with Gasteiger partial charge >= 0.3 is 0 Å². The standard InChI is InChI=1S/C16H24N2O/c1-12(2)6-5-9-17-16(19)10-13-11-18-15-8-4-3-7-14(13)15/h3-4,7-8,12-13,18H,5-6,9-11H2,1-2H3,(H,17,19). The molecular weight excluding hydrogens is 236 g/mol. The largest absolute Gasteiger partial charge is 0.384 e. The fourth-order valence-electron chi connectivity index (χ4n) is 2.57. The van der Waals surface area contributed by atoms with Gasteiger partial charge < -0.3 is 10.6 Å². The van der Waals surface area contributed by atoms with Gasteiger partial charge in [0, 0.05) is 31.1 Å². The summed E-state index contributed by atoms with van der Waals surface area (Å²) >= 11 is 0. The maximum absolute atomic E-state index is 11.9. The van der Waals surface area contributed by atoms with Crippen LogP contribution in [0.5, 0.6) is 0 Å². The van der Waals surface area contributed by atoms with E-state index in [-0.39, 0.29) is 5.91 Å². The highest BCUT2D eigenvalue weighted by Crippen LogP contribution is 2.32. The molecule has 3 heteroatoms. The molecule has 1 aliphatic heterocycles. The molecule has 1 unspecified atom stereocenters. The molecule has 3 nitrogen and oxygen atoms in total. The Morgan fingerprint density at radius 2 is 2.21 bits per heavy atom. The van der Waals surface area contributed by atoms with Crippen molar-refractivity contribution in [3.05, 3.63) is 29.8 Å². The molecule has 1 aliphatic rings. The van der Waals surface area contributed by atoms with E-state index in [0.717, 1.165) is 19.5 Å². The van der Waals surface area contributed by atoms with Gasteiger partial charge in [0.1, 0.15) is 0 Å². The Hall–Kier alpha value is -1.51. The number of carbonyl (C=O) groups is 1. The number of hydrogen-bond donors (Lipinski definition) is 2. The maximum atomic E-state index is 11.9. The van der Waals surface area contributed by atoms with Gasteiger partial charge in [0.15, 0.2) is 0 Å². The fraction of sp³-hybridized carbons (Fsp3) is 0.562. The van der Waals surface area contributed by atoms with Gasteiger partial charge in [-0.25, -0.2) is 0 Å². The lowest BCUT2D eigenvalue weighted by atomic mass is 9.97. The van der Waals surface area contributed by atoms with Crippen LogP contribution < -0.4 is 10.6 Å². The molecule has 1 heterocycles. The van der Waals surface area contributed by atoms with Crippen molar-refractivity contribution >= 4 is 11.6 Å². The van der Waals surface area contributed by atoms with Crippen molar-refractivity contribution in [2.75, 3.05) is 18.4 Å². The van der Waals surface area contributed by atoms with Crippen molar-refractivity contribution in [3.63, 3.8) is 0 Å². The maximum Gasteiger partial charge on any atom is 0.220 e. The number of nitrogens with one attached hydrogen (secondary N) is 2. The first-order valence-corrected chi connectivity index (χ1v) is 7.26. The first-order chi connectivity index (χ1) is 9.16. The predicted octanol–water partition coefficient (Wildman–Crippen LogP) is 3.14. The zero-order valence-corrected chi connectivity index (χ0v) is 11.9. The van der Waals surface area contributed by atoms with Crippen molar-refractivity contribution in [2.45, 2.75) is 39.0 Å². The lowest BCUT2D eigenvalue weighted by molar-refractivity contribution is -0.121. The second-order valence-electron chi connectivity index (χ2n) is 5.76. The third-order valence-electron chi connectivity index (χ3n) is 3.65. The molecule has 0 fully saturated rings. The van der Waals surface area contributed by atoms with Gasteiger partial charge in [0.2, 0.25) is 5.91 Å². The van der Waals surface area contributed by atoms with Crippen molar-refractivity contribution in [3.8, 4) is 0 Å². The fourth-order valence-corrected chi connectivity index (χ4v) is 2.57. The van der Waals surface area contributed by atoms with E-state index >= 15 is 0 Å². The lowest BCUT2D eigenvalue weighted by Crippen LogP contribution is -2.26. The molecule has 0 saturated heterocycles. The number of rotatable bonds is 6. The molecule has 104 valence electrons. The molecule has 2 N–H and O–H groups in total. The highest BCUT2D eigenvalue weighted by atomic mass is 16.1. The van der Waals surface area contributed by atoms with Crippen LogP contribution in [0.3, 0.4) is 0 Å². The zero-order chi connectivity index (χ0) is 13.7. The third kappa shape index (κ3) is 3.98. The predicted molar refractivity (Wildman–Crippen MR) is 79.4 cm³/mol. The van der Waals surface area contributed by atoms with E-state index in [9.17, 15) is 4.79 Å². The quantitative estimate of drug-likeness (QED) is 0.772. The summed E-state index contributed by atoms with van der Waals surface area (Å²) in [5.74, 6) is 1.20. The van der Waals surface area contributed by atoms with Crippen LogP contribution in [0, 0.1) is 5.92 Å². The molecule has 1 aromatic carbocycles.